The van der Waals surface area contributed by atoms with E-state index in [2.05, 4.69) is 4.74 Å². The van der Waals surface area contributed by atoms with E-state index in [1.54, 1.807) is 6.07 Å². The number of hydrogen-bond donors (Lipinski definition) is 0. The highest BCUT2D eigenvalue weighted by Gasteiger charge is 2.29. The van der Waals surface area contributed by atoms with Crippen LogP contribution in [0.25, 0.3) is 0 Å². The van der Waals surface area contributed by atoms with Gasteiger partial charge in [0.15, 0.2) is 5.56 Å². The molecule has 17 heavy (non-hydrogen) atoms. The van der Waals surface area contributed by atoms with E-state index in [1.807, 2.05) is 0 Å². The topological polar surface area (TPSA) is 93.2 Å². The highest BCUT2D eigenvalue weighted by atomic mass is 19.1. The van der Waals surface area contributed by atoms with Gasteiger partial charge in [0.05, 0.1) is 17.1 Å². The fraction of sp³-hybridized carbons (Fsp3) is 0.200. The predicted octanol–water partition coefficient (Wildman–Crippen LogP) is 1.78. The Morgan fingerprint density at radius 1 is 1.65 bits per heavy atom. The van der Waals surface area contributed by atoms with Gasteiger partial charge in [0.1, 0.15) is 6.07 Å². The van der Waals surface area contributed by atoms with Crippen molar-refractivity contribution in [1.82, 2.24) is 0 Å². The number of halogens is 1. The number of nitro benzene ring substituents is 1. The molecule has 0 N–H and O–H groups in total. The largest absolute Gasteiger partial charge is 0.462 e. The average Bonchev–Trinajstić information content (AvgIpc) is 2.28. The molecule has 6 nitrogen and oxygen atoms in total. The van der Waals surface area contributed by atoms with Crippen LogP contribution < -0.4 is 0 Å². The first-order chi connectivity index (χ1) is 8.02. The van der Waals surface area contributed by atoms with Crippen molar-refractivity contribution >= 4 is 11.7 Å². The minimum atomic E-state index is -1.18. The minimum absolute atomic E-state index is 0.0304. The van der Waals surface area contributed by atoms with Crippen LogP contribution in [0.3, 0.4) is 0 Å². The van der Waals surface area contributed by atoms with Crippen molar-refractivity contribution in [2.75, 3.05) is 6.61 Å². The standard InChI is InChI=1S/C10H7FN2O4/c1-2-17-10(14)8-6(5-12)3-4-7(11)9(8)13(15)16/h3-4H,2H2,1H3. The summed E-state index contributed by atoms with van der Waals surface area (Å²) < 4.78 is 17.8. The number of benzene rings is 1. The fourth-order valence-corrected chi connectivity index (χ4v) is 1.25. The molecule has 0 aliphatic rings. The number of nitro groups is 1. The molecule has 0 saturated carbocycles. The third kappa shape index (κ3) is 2.36. The van der Waals surface area contributed by atoms with Crippen LogP contribution in [0.15, 0.2) is 12.1 Å². The second-order valence-electron chi connectivity index (χ2n) is 2.91. The third-order valence-corrected chi connectivity index (χ3v) is 1.91. The molecule has 0 amide bonds. The molecule has 0 radical (unpaired) electrons. The van der Waals surface area contributed by atoms with E-state index >= 15 is 0 Å². The molecule has 0 aliphatic carbocycles. The number of ether oxygens (including phenoxy) is 1. The summed E-state index contributed by atoms with van der Waals surface area (Å²) in [7, 11) is 0. The summed E-state index contributed by atoms with van der Waals surface area (Å²) >= 11 is 0. The van der Waals surface area contributed by atoms with Crippen molar-refractivity contribution < 1.29 is 18.8 Å². The zero-order valence-electron chi connectivity index (χ0n) is 8.77. The summed E-state index contributed by atoms with van der Waals surface area (Å²) in [5.41, 5.74) is -1.99. The number of esters is 1. The van der Waals surface area contributed by atoms with Crippen LogP contribution in [-0.2, 0) is 4.74 Å². The number of nitriles is 1. The Morgan fingerprint density at radius 3 is 2.76 bits per heavy atom. The van der Waals surface area contributed by atoms with Crippen LogP contribution in [0.1, 0.15) is 22.8 Å². The fourth-order valence-electron chi connectivity index (χ4n) is 1.25. The molecule has 1 aromatic rings. The van der Waals surface area contributed by atoms with E-state index in [0.717, 1.165) is 12.1 Å². The Bertz CT molecular complexity index is 522. The number of nitrogens with zero attached hydrogens (tertiary/aromatic N) is 2. The predicted molar refractivity (Wildman–Crippen MR) is 53.7 cm³/mol. The van der Waals surface area contributed by atoms with Gasteiger partial charge in [0.2, 0.25) is 5.82 Å². The van der Waals surface area contributed by atoms with Crippen molar-refractivity contribution in [1.29, 1.82) is 5.26 Å². The van der Waals surface area contributed by atoms with Gasteiger partial charge in [-0.25, -0.2) is 4.79 Å². The zero-order chi connectivity index (χ0) is 13.0. The van der Waals surface area contributed by atoms with Gasteiger partial charge in [0, 0.05) is 0 Å². The molecule has 7 heteroatoms. The van der Waals surface area contributed by atoms with Crippen molar-refractivity contribution in [2.24, 2.45) is 0 Å². The van der Waals surface area contributed by atoms with Crippen LogP contribution in [-0.4, -0.2) is 17.5 Å². The first-order valence-electron chi connectivity index (χ1n) is 4.57. The number of rotatable bonds is 3. The number of carbonyl (C=O) groups excluding carboxylic acids is 1. The highest BCUT2D eigenvalue weighted by Crippen LogP contribution is 2.26. The normalized spacial score (nSPS) is 9.47. The summed E-state index contributed by atoms with van der Waals surface area (Å²) in [6.07, 6.45) is 0. The van der Waals surface area contributed by atoms with E-state index in [0.29, 0.717) is 0 Å². The Morgan fingerprint density at radius 2 is 2.29 bits per heavy atom. The highest BCUT2D eigenvalue weighted by molar-refractivity contribution is 5.96. The molecule has 1 aromatic carbocycles. The molecule has 0 aromatic heterocycles. The van der Waals surface area contributed by atoms with Crippen LogP contribution in [0.2, 0.25) is 0 Å². The lowest BCUT2D eigenvalue weighted by Gasteiger charge is -2.05. The lowest BCUT2D eigenvalue weighted by atomic mass is 10.1. The van der Waals surface area contributed by atoms with Gasteiger partial charge in [-0.3, -0.25) is 10.1 Å². The number of hydrogen-bond acceptors (Lipinski definition) is 5. The van der Waals surface area contributed by atoms with Crippen LogP contribution in [0.5, 0.6) is 0 Å². The average molecular weight is 238 g/mol. The molecule has 0 saturated heterocycles. The molecule has 0 spiro atoms. The van der Waals surface area contributed by atoms with E-state index in [-0.39, 0.29) is 12.2 Å². The summed E-state index contributed by atoms with van der Waals surface area (Å²) in [5, 5.41) is 19.4. The van der Waals surface area contributed by atoms with Crippen molar-refractivity contribution in [3.8, 4) is 6.07 Å². The molecule has 0 unspecified atom stereocenters. The van der Waals surface area contributed by atoms with E-state index in [1.165, 1.54) is 6.92 Å². The van der Waals surface area contributed by atoms with Gasteiger partial charge in [-0.15, -0.1) is 0 Å². The third-order valence-electron chi connectivity index (χ3n) is 1.91. The van der Waals surface area contributed by atoms with Gasteiger partial charge >= 0.3 is 11.7 Å². The summed E-state index contributed by atoms with van der Waals surface area (Å²) in [6, 6.07) is 3.34. The van der Waals surface area contributed by atoms with E-state index in [9.17, 15) is 19.3 Å². The van der Waals surface area contributed by atoms with Gasteiger partial charge in [-0.05, 0) is 19.1 Å². The molecule has 1 rings (SSSR count). The molecular formula is C10H7FN2O4. The first kappa shape index (κ1) is 12.6. The maximum Gasteiger partial charge on any atom is 0.346 e. The quantitative estimate of drug-likeness (QED) is 0.454. The molecular weight excluding hydrogens is 231 g/mol. The Labute approximate surface area is 95.4 Å². The molecule has 0 bridgehead atoms. The zero-order valence-corrected chi connectivity index (χ0v) is 8.77. The van der Waals surface area contributed by atoms with Gasteiger partial charge in [-0.1, -0.05) is 0 Å². The second kappa shape index (κ2) is 5.03. The first-order valence-corrected chi connectivity index (χ1v) is 4.57. The van der Waals surface area contributed by atoms with Crippen molar-refractivity contribution in [3.05, 3.63) is 39.2 Å². The van der Waals surface area contributed by atoms with Gasteiger partial charge in [0.25, 0.3) is 0 Å². The van der Waals surface area contributed by atoms with E-state index < -0.39 is 28.0 Å². The Kier molecular flexibility index (Phi) is 3.72. The van der Waals surface area contributed by atoms with Crippen LogP contribution in [0, 0.1) is 27.3 Å². The molecule has 88 valence electrons. The molecule has 0 aliphatic heterocycles. The number of carbonyl (C=O) groups is 1. The lowest BCUT2D eigenvalue weighted by molar-refractivity contribution is -0.387. The maximum atomic E-state index is 13.3. The smallest absolute Gasteiger partial charge is 0.346 e. The van der Waals surface area contributed by atoms with Crippen LogP contribution >= 0.6 is 0 Å². The van der Waals surface area contributed by atoms with Crippen molar-refractivity contribution in [3.63, 3.8) is 0 Å². The maximum absolute atomic E-state index is 13.3. The van der Waals surface area contributed by atoms with E-state index in [4.69, 9.17) is 5.26 Å². The minimum Gasteiger partial charge on any atom is -0.462 e. The van der Waals surface area contributed by atoms with Gasteiger partial charge < -0.3 is 4.74 Å². The molecule has 0 heterocycles. The summed E-state index contributed by atoms with van der Waals surface area (Å²) in [5.74, 6) is -2.27. The summed E-state index contributed by atoms with van der Waals surface area (Å²) in [4.78, 5) is 21.1. The summed E-state index contributed by atoms with van der Waals surface area (Å²) in [6.45, 7) is 1.46. The van der Waals surface area contributed by atoms with Crippen LogP contribution in [0.4, 0.5) is 10.1 Å². The van der Waals surface area contributed by atoms with Gasteiger partial charge in [-0.2, -0.15) is 9.65 Å². The van der Waals surface area contributed by atoms with Crippen molar-refractivity contribution in [2.45, 2.75) is 6.92 Å². The molecule has 0 fully saturated rings. The Hall–Kier alpha value is -2.49. The monoisotopic (exact) mass is 238 g/mol. The lowest BCUT2D eigenvalue weighted by Crippen LogP contribution is -2.11. The Balaban J connectivity index is 3.52. The second-order valence-corrected chi connectivity index (χ2v) is 2.91. The SMILES string of the molecule is CCOC(=O)c1c(C#N)ccc(F)c1[N+](=O)[O-]. The molecule has 0 atom stereocenters.